The molecule has 0 spiro atoms. The number of Topliss-reactive ketones (excluding diaryl/α,β-unsaturated/α-hetero) is 1. The zero-order valence-electron chi connectivity index (χ0n) is 65.4. The lowest BCUT2D eigenvalue weighted by Crippen LogP contribution is -2.48. The number of fused-ring (bicyclic) bond motifs is 2. The molecule has 2 aromatic carbocycles. The molecule has 1 saturated heterocycles. The second kappa shape index (κ2) is 33.5. The molecule has 99 heavy (non-hydrogen) atoms. The number of rotatable bonds is 21. The van der Waals surface area contributed by atoms with Crippen LogP contribution < -0.4 is 10.6 Å². The van der Waals surface area contributed by atoms with Crippen molar-refractivity contribution in [2.75, 3.05) is 19.4 Å². The van der Waals surface area contributed by atoms with Gasteiger partial charge in [-0.15, -0.1) is 0 Å². The Hall–Kier alpha value is -2.59. The van der Waals surface area contributed by atoms with Gasteiger partial charge < -0.3 is 37.9 Å². The molecular weight excluding hydrogens is 1290 g/mol. The topological polar surface area (TPSA) is 132 Å². The summed E-state index contributed by atoms with van der Waals surface area (Å²) in [5, 5.41) is 32.2. The van der Waals surface area contributed by atoms with E-state index >= 15 is 0 Å². The van der Waals surface area contributed by atoms with E-state index in [1.807, 2.05) is 74.5 Å². The highest BCUT2D eigenvalue weighted by molar-refractivity contribution is 7.78. The number of ether oxygens (including phenoxy) is 1. The fourth-order valence-electron chi connectivity index (χ4n) is 17.8. The van der Waals surface area contributed by atoms with Gasteiger partial charge in [0.15, 0.2) is 25.0 Å². The molecule has 6 saturated carbocycles. The number of benzene rings is 2. The SMILES string of the molecule is C.C1CCOC1.CC(C)(C)[Si](C)(C)OC1CC(=CCP(=O)(c2ccccc2)c2ccccc2)C[C@@H](O[Si](C)(C)C(C)(C)C)C1.CC(C)(CCCC1(C2=CCC3C(=O)CCC[C@]23C)CC1)O[Si](C)(C)C.CC(C)(O)CCCC1(C2=CCC3/C(=C/C=C4CC(O)C[C@H](O)C4)CCC[C@]23C)CC1. The van der Waals surface area contributed by atoms with Gasteiger partial charge in [0, 0.05) is 42.3 Å². The van der Waals surface area contributed by atoms with Crippen molar-refractivity contribution < 1.29 is 42.7 Å². The first kappa shape index (κ1) is 83.7. The molecule has 1 heterocycles. The van der Waals surface area contributed by atoms with Gasteiger partial charge in [0.1, 0.15) is 12.9 Å². The third-order valence-corrected chi connectivity index (χ3v) is 38.4. The smallest absolute Gasteiger partial charge is 0.192 e. The minimum absolute atomic E-state index is 0. The van der Waals surface area contributed by atoms with Crippen molar-refractivity contribution >= 4 is 48.5 Å². The first-order valence-electron chi connectivity index (χ1n) is 39.0. The Balaban J connectivity index is 0.000000204. The lowest BCUT2D eigenvalue weighted by Gasteiger charge is -2.45. The number of aliphatic hydroxyl groups excluding tert-OH is 2. The van der Waals surface area contributed by atoms with E-state index in [1.165, 1.54) is 101 Å². The Kier molecular flexibility index (Phi) is 28.3. The van der Waals surface area contributed by atoms with Crippen LogP contribution in [0.25, 0.3) is 0 Å². The Morgan fingerprint density at radius 1 is 0.586 bits per heavy atom. The van der Waals surface area contributed by atoms with Gasteiger partial charge >= 0.3 is 0 Å². The number of hydrogen-bond donors (Lipinski definition) is 3. The Morgan fingerprint density at radius 2 is 1.04 bits per heavy atom. The number of aliphatic hydroxyl groups is 3. The van der Waals surface area contributed by atoms with Gasteiger partial charge in [-0.3, -0.25) is 4.79 Å². The molecule has 2 aromatic rings. The number of hydrogen-bond acceptors (Lipinski definition) is 9. The molecule has 0 bridgehead atoms. The lowest BCUT2D eigenvalue weighted by atomic mass is 9.61. The van der Waals surface area contributed by atoms with Crippen LogP contribution in [0.1, 0.15) is 257 Å². The van der Waals surface area contributed by atoms with E-state index in [0.717, 1.165) is 81.6 Å². The maximum atomic E-state index is 14.6. The minimum atomic E-state index is -2.81. The molecule has 8 atom stereocenters. The second-order valence-electron chi connectivity index (χ2n) is 37.8. The van der Waals surface area contributed by atoms with E-state index in [1.54, 1.807) is 16.7 Å². The van der Waals surface area contributed by atoms with E-state index in [0.29, 0.717) is 59.3 Å². The first-order valence-corrected chi connectivity index (χ1v) is 50.1. The van der Waals surface area contributed by atoms with Gasteiger partial charge in [-0.1, -0.05) is 182 Å². The summed E-state index contributed by atoms with van der Waals surface area (Å²) in [6.07, 6.45) is 40.4. The molecule has 1 aliphatic heterocycles. The van der Waals surface area contributed by atoms with Crippen molar-refractivity contribution in [1.82, 2.24) is 0 Å². The number of carbonyl (C=O) groups excluding carboxylic acids is 1. The van der Waals surface area contributed by atoms with E-state index in [-0.39, 0.29) is 40.7 Å². The van der Waals surface area contributed by atoms with Crippen molar-refractivity contribution in [1.29, 1.82) is 0 Å². The van der Waals surface area contributed by atoms with Crippen LogP contribution >= 0.6 is 7.14 Å². The van der Waals surface area contributed by atoms with Gasteiger partial charge in [0.2, 0.25) is 0 Å². The average Bonchev–Trinajstić information content (AvgIpc) is 1.57. The summed E-state index contributed by atoms with van der Waals surface area (Å²) in [7, 11) is -8.17. The minimum Gasteiger partial charge on any atom is -0.414 e. The third kappa shape index (κ3) is 22.3. The van der Waals surface area contributed by atoms with E-state index < -0.39 is 49.9 Å². The molecule has 4 unspecified atom stereocenters. The van der Waals surface area contributed by atoms with Gasteiger partial charge in [0.05, 0.1) is 35.6 Å². The maximum Gasteiger partial charge on any atom is 0.192 e. The zero-order chi connectivity index (χ0) is 72.0. The van der Waals surface area contributed by atoms with Gasteiger partial charge in [0.25, 0.3) is 0 Å². The van der Waals surface area contributed by atoms with Crippen molar-refractivity contribution in [2.24, 2.45) is 33.5 Å². The standard InChI is InChI=1S/C32H51O3PSi2.C27H42O3.C22H38O2Si.C4H8O.CH4/c1-31(2,3)37(7,8)34-27-23-26(24-28(25-27)35-38(9,10)32(4,5)6)21-22-36(33,29-17-13-11-14-18-29)30-19-15-12-16-20-30;1-25(2,30)11-5-13-27(14-15-27)24-10-9-23-20(6-4-12-26(23,24)3)8-7-19-16-21(28)18-22(29)17-19;1-20(2,24-25(4,5)6)12-8-14-22(15-16-22)19-11-10-17-18(23)9-7-13-21(17,19)3;1-2-4-5-3-1;/h11-21,27-28H,22-25H2,1-10H3;7-8,10,21-23,28-30H,4-6,9,11-18H2,1-3H3;11,17H,7-10,12-16H2,1-6H3;1-4H2;1H4/b;19-7?,20-8+;;;/t27-,28?;21-,22?,23?,26+;17?,21-;;/m110../s1. The molecule has 558 valence electrons. The number of ketones is 1. The van der Waals surface area contributed by atoms with Gasteiger partial charge in [-0.05, 0) is 272 Å². The van der Waals surface area contributed by atoms with Crippen LogP contribution in [0.4, 0.5) is 0 Å². The zero-order valence-corrected chi connectivity index (χ0v) is 69.3. The molecule has 3 N–H and O–H groups in total. The fraction of sp³-hybridized carbons (Fsp3) is 0.733. The third-order valence-electron chi connectivity index (χ3n) is 25.2. The quantitative estimate of drug-likeness (QED) is 0.0635. The van der Waals surface area contributed by atoms with Crippen LogP contribution in [0.3, 0.4) is 0 Å². The molecule has 9 nitrogen and oxygen atoms in total. The summed E-state index contributed by atoms with van der Waals surface area (Å²) < 4.78 is 39.9. The Morgan fingerprint density at radius 3 is 1.47 bits per heavy atom. The Bertz CT molecular complexity index is 3060. The van der Waals surface area contributed by atoms with Crippen LogP contribution in [0.15, 0.2) is 119 Å². The van der Waals surface area contributed by atoms with Crippen LogP contribution in [-0.2, 0) is 27.4 Å². The normalized spacial score (nSPS) is 29.0. The van der Waals surface area contributed by atoms with Crippen molar-refractivity contribution in [3.63, 3.8) is 0 Å². The summed E-state index contributed by atoms with van der Waals surface area (Å²) in [5.41, 5.74) is 8.25. The van der Waals surface area contributed by atoms with Crippen molar-refractivity contribution in [3.05, 3.63) is 119 Å². The molecule has 0 amide bonds. The molecule has 11 rings (SSSR count). The number of carbonyl (C=O) groups is 1. The molecule has 9 aliphatic rings. The monoisotopic (exact) mass is 1430 g/mol. The molecule has 0 aromatic heterocycles. The van der Waals surface area contributed by atoms with E-state index in [2.05, 4.69) is 145 Å². The summed E-state index contributed by atoms with van der Waals surface area (Å²) in [6, 6.07) is 20.0. The predicted octanol–water partition coefficient (Wildman–Crippen LogP) is 22.2. The van der Waals surface area contributed by atoms with Crippen LogP contribution in [-0.4, -0.2) is 101 Å². The van der Waals surface area contributed by atoms with Crippen molar-refractivity contribution in [3.8, 4) is 0 Å². The lowest BCUT2D eigenvalue weighted by molar-refractivity contribution is -0.128. The summed E-state index contributed by atoms with van der Waals surface area (Å²) in [5.74, 6) is 1.43. The highest BCUT2D eigenvalue weighted by Crippen LogP contribution is 2.69. The second-order valence-corrected chi connectivity index (χ2v) is 54.6. The maximum absolute atomic E-state index is 14.6. The summed E-state index contributed by atoms with van der Waals surface area (Å²) in [6.45, 7) is 45.3. The number of allylic oxidation sites excluding steroid dienone is 8. The van der Waals surface area contributed by atoms with Crippen LogP contribution in [0.5, 0.6) is 0 Å². The highest BCUT2D eigenvalue weighted by Gasteiger charge is 2.59. The molecular formula is C86H143O9PSi3. The van der Waals surface area contributed by atoms with Gasteiger partial charge in [-0.25, -0.2) is 0 Å². The van der Waals surface area contributed by atoms with Gasteiger partial charge in [-0.2, -0.15) is 0 Å². The van der Waals surface area contributed by atoms with E-state index in [4.69, 9.17) is 18.0 Å². The molecule has 0 radical (unpaired) electrons. The molecule has 7 fully saturated rings. The first-order chi connectivity index (χ1) is 45.5. The molecule has 8 aliphatic carbocycles. The average molecular weight is 1440 g/mol. The van der Waals surface area contributed by atoms with E-state index in [9.17, 15) is 24.7 Å². The highest BCUT2D eigenvalue weighted by atomic mass is 31.2. The van der Waals surface area contributed by atoms with Crippen LogP contribution in [0, 0.1) is 33.5 Å². The largest absolute Gasteiger partial charge is 0.414 e. The predicted molar refractivity (Wildman–Crippen MR) is 427 cm³/mol. The molecule has 13 heteroatoms. The van der Waals surface area contributed by atoms with Crippen LogP contribution in [0.2, 0.25) is 55.9 Å². The summed E-state index contributed by atoms with van der Waals surface area (Å²) >= 11 is 0. The van der Waals surface area contributed by atoms with Crippen molar-refractivity contribution in [2.45, 2.75) is 349 Å². The Labute approximate surface area is 608 Å². The summed E-state index contributed by atoms with van der Waals surface area (Å²) in [4.78, 5) is 12.4. The fourth-order valence-corrected chi connectivity index (χ4v) is 24.9.